The minimum atomic E-state index is 0.217. The largest absolute Gasteiger partial charge is 0.478 e. The van der Waals surface area contributed by atoms with Gasteiger partial charge >= 0.3 is 0 Å². The zero-order valence-corrected chi connectivity index (χ0v) is 16.2. The van der Waals surface area contributed by atoms with Gasteiger partial charge in [-0.15, -0.1) is 0 Å². The molecular formula is C17H13Cl3N6O. The summed E-state index contributed by atoms with van der Waals surface area (Å²) in [5, 5.41) is 1.43. The van der Waals surface area contributed by atoms with Gasteiger partial charge in [-0.1, -0.05) is 34.8 Å². The predicted octanol–water partition coefficient (Wildman–Crippen LogP) is 4.39. The Hall–Kier alpha value is -2.61. The molecular weight excluding hydrogens is 411 g/mol. The van der Waals surface area contributed by atoms with Crippen LogP contribution < -0.4 is 16.2 Å². The maximum Gasteiger partial charge on any atom is 0.257 e. The van der Waals surface area contributed by atoms with E-state index in [4.69, 9.17) is 51.0 Å². The Bertz CT molecular complexity index is 1140. The first-order valence-corrected chi connectivity index (χ1v) is 8.66. The molecule has 0 saturated heterocycles. The second-order valence-corrected chi connectivity index (χ2v) is 6.51. The van der Waals surface area contributed by atoms with Crippen LogP contribution in [0.25, 0.3) is 22.1 Å². The summed E-state index contributed by atoms with van der Waals surface area (Å²) in [7, 11) is 1.50. The fourth-order valence-corrected chi connectivity index (χ4v) is 2.66. The highest BCUT2D eigenvalue weighted by atomic mass is 35.5. The van der Waals surface area contributed by atoms with Gasteiger partial charge in [-0.3, -0.25) is 0 Å². The number of aromatic nitrogens is 4. The maximum atomic E-state index is 5.80. The van der Waals surface area contributed by atoms with Gasteiger partial charge in [0.1, 0.15) is 0 Å². The molecule has 0 atom stereocenters. The Labute approximate surface area is 169 Å². The Morgan fingerprint density at radius 1 is 0.704 bits per heavy atom. The molecule has 0 bridgehead atoms. The lowest BCUT2D eigenvalue weighted by Crippen LogP contribution is -1.99. The molecule has 7 nitrogen and oxygen atoms in total. The third-order valence-electron chi connectivity index (χ3n) is 3.42. The van der Waals surface area contributed by atoms with Gasteiger partial charge in [0.15, 0.2) is 16.8 Å². The number of methoxy groups -OCH3 is 1. The Morgan fingerprint density at radius 2 is 1.22 bits per heavy atom. The van der Waals surface area contributed by atoms with Crippen LogP contribution in [0.2, 0.25) is 15.2 Å². The molecule has 0 aliphatic carbocycles. The molecule has 2 heterocycles. The monoisotopic (exact) mass is 422 g/mol. The van der Waals surface area contributed by atoms with Crippen molar-refractivity contribution in [2.45, 2.75) is 0 Å². The zero-order valence-electron chi connectivity index (χ0n) is 13.9. The normalized spacial score (nSPS) is 10.5. The lowest BCUT2D eigenvalue weighted by Gasteiger charge is -2.04. The van der Waals surface area contributed by atoms with Crippen molar-refractivity contribution >= 4 is 68.5 Å². The average Bonchev–Trinajstić information content (AvgIpc) is 2.63. The van der Waals surface area contributed by atoms with Gasteiger partial charge in [0, 0.05) is 10.0 Å². The summed E-state index contributed by atoms with van der Waals surface area (Å²) < 4.78 is 4.95. The maximum absolute atomic E-state index is 5.80. The fraction of sp³-hybridized carbons (Fsp3) is 0.0588. The third kappa shape index (κ3) is 4.39. The molecule has 0 aliphatic rings. The van der Waals surface area contributed by atoms with E-state index in [1.54, 1.807) is 36.4 Å². The van der Waals surface area contributed by atoms with Crippen molar-refractivity contribution in [1.29, 1.82) is 0 Å². The number of benzene rings is 2. The molecule has 4 N–H and O–H groups in total. The summed E-state index contributed by atoms with van der Waals surface area (Å²) in [6.07, 6.45) is 0. The van der Waals surface area contributed by atoms with E-state index in [9.17, 15) is 0 Å². The van der Waals surface area contributed by atoms with Gasteiger partial charge in [-0.05, 0) is 36.4 Å². The van der Waals surface area contributed by atoms with Crippen molar-refractivity contribution in [2.75, 3.05) is 18.6 Å². The van der Waals surface area contributed by atoms with E-state index in [1.807, 2.05) is 0 Å². The van der Waals surface area contributed by atoms with Gasteiger partial charge in [-0.25, -0.2) is 19.9 Å². The molecule has 0 radical (unpaired) electrons. The van der Waals surface area contributed by atoms with Crippen molar-refractivity contribution < 1.29 is 4.74 Å². The standard InChI is InChI=1S/C9H8ClN3O.C8H5Cl2N3/c1-14-9-8(11)12-7-4-5(10)2-3-6(7)13-9;9-4-1-2-5-6(3-4)13-8(11)7(10)12-5/h2-4H,1H3,(H2,11,12);1-3H,(H2,11,13). The molecule has 2 aromatic carbocycles. The molecule has 4 rings (SSSR count). The van der Waals surface area contributed by atoms with E-state index in [-0.39, 0.29) is 16.8 Å². The van der Waals surface area contributed by atoms with Crippen LogP contribution in [0.4, 0.5) is 11.6 Å². The number of hydrogen-bond donors (Lipinski definition) is 2. The summed E-state index contributed by atoms with van der Waals surface area (Å²) in [5.74, 6) is 0.818. The van der Waals surface area contributed by atoms with Crippen LogP contribution >= 0.6 is 34.8 Å². The van der Waals surface area contributed by atoms with Gasteiger partial charge in [0.25, 0.3) is 5.88 Å². The van der Waals surface area contributed by atoms with Crippen LogP contribution in [-0.4, -0.2) is 27.0 Å². The molecule has 27 heavy (non-hydrogen) atoms. The second-order valence-electron chi connectivity index (χ2n) is 5.28. The number of ether oxygens (including phenoxy) is 1. The first-order valence-electron chi connectivity index (χ1n) is 7.52. The molecule has 0 fully saturated rings. The fourth-order valence-electron chi connectivity index (χ4n) is 2.19. The third-order valence-corrected chi connectivity index (χ3v) is 4.17. The van der Waals surface area contributed by atoms with E-state index in [0.717, 1.165) is 0 Å². The van der Waals surface area contributed by atoms with Crippen molar-refractivity contribution in [2.24, 2.45) is 0 Å². The van der Waals surface area contributed by atoms with E-state index in [1.165, 1.54) is 7.11 Å². The van der Waals surface area contributed by atoms with E-state index < -0.39 is 0 Å². The van der Waals surface area contributed by atoms with E-state index in [2.05, 4.69) is 19.9 Å². The molecule has 0 aliphatic heterocycles. The number of anilines is 2. The number of rotatable bonds is 1. The number of fused-ring (bicyclic) bond motifs is 2. The van der Waals surface area contributed by atoms with Crippen LogP contribution in [0.1, 0.15) is 0 Å². The van der Waals surface area contributed by atoms with Crippen LogP contribution in [0, 0.1) is 0 Å². The number of nitrogens with two attached hydrogens (primary N) is 2. The molecule has 0 amide bonds. The second kappa shape index (κ2) is 7.96. The highest BCUT2D eigenvalue weighted by molar-refractivity contribution is 6.32. The molecule has 10 heteroatoms. The zero-order chi connectivity index (χ0) is 19.6. The highest BCUT2D eigenvalue weighted by Gasteiger charge is 2.06. The molecule has 0 saturated carbocycles. The van der Waals surface area contributed by atoms with Gasteiger partial charge in [0.05, 0.1) is 29.2 Å². The summed E-state index contributed by atoms with van der Waals surface area (Å²) in [5.41, 5.74) is 13.8. The van der Waals surface area contributed by atoms with E-state index >= 15 is 0 Å². The smallest absolute Gasteiger partial charge is 0.257 e. The average molecular weight is 424 g/mol. The van der Waals surface area contributed by atoms with Crippen molar-refractivity contribution in [3.05, 3.63) is 51.6 Å². The lowest BCUT2D eigenvalue weighted by atomic mass is 10.3. The lowest BCUT2D eigenvalue weighted by molar-refractivity contribution is 0.400. The number of nitrogens with zero attached hydrogens (tertiary/aromatic N) is 4. The Balaban J connectivity index is 0.000000156. The SMILES string of the molecule is COc1nc2ccc(Cl)cc2nc1N.Nc1nc2cc(Cl)ccc2nc1Cl. The highest BCUT2D eigenvalue weighted by Crippen LogP contribution is 2.23. The molecule has 4 aromatic rings. The number of hydrogen-bond acceptors (Lipinski definition) is 7. The minimum Gasteiger partial charge on any atom is -0.478 e. The van der Waals surface area contributed by atoms with Crippen molar-refractivity contribution in [3.8, 4) is 5.88 Å². The first kappa shape index (κ1) is 19.2. The van der Waals surface area contributed by atoms with Gasteiger partial charge in [0.2, 0.25) is 0 Å². The predicted molar refractivity (Wildman–Crippen MR) is 109 cm³/mol. The van der Waals surface area contributed by atoms with Gasteiger partial charge < -0.3 is 16.2 Å². The van der Waals surface area contributed by atoms with Crippen molar-refractivity contribution in [1.82, 2.24) is 19.9 Å². The summed E-state index contributed by atoms with van der Waals surface area (Å²) >= 11 is 17.3. The van der Waals surface area contributed by atoms with Crippen LogP contribution in [0.5, 0.6) is 5.88 Å². The van der Waals surface area contributed by atoms with Crippen LogP contribution in [0.3, 0.4) is 0 Å². The molecule has 0 unspecified atom stereocenters. The number of halogens is 3. The summed E-state index contributed by atoms with van der Waals surface area (Å²) in [6.45, 7) is 0. The Kier molecular flexibility index (Phi) is 5.65. The Morgan fingerprint density at radius 3 is 1.78 bits per heavy atom. The summed E-state index contributed by atoms with van der Waals surface area (Å²) in [6, 6.07) is 10.4. The quantitative estimate of drug-likeness (QED) is 0.466. The summed E-state index contributed by atoms with van der Waals surface area (Å²) in [4.78, 5) is 16.3. The topological polar surface area (TPSA) is 113 Å². The van der Waals surface area contributed by atoms with Gasteiger partial charge in [-0.2, -0.15) is 0 Å². The molecule has 2 aromatic heterocycles. The molecule has 138 valence electrons. The molecule has 0 spiro atoms. The number of nitrogen functional groups attached to an aromatic ring is 2. The van der Waals surface area contributed by atoms with Crippen LogP contribution in [0.15, 0.2) is 36.4 Å². The van der Waals surface area contributed by atoms with Crippen molar-refractivity contribution in [3.63, 3.8) is 0 Å². The van der Waals surface area contributed by atoms with Crippen LogP contribution in [-0.2, 0) is 0 Å². The minimum absolute atomic E-state index is 0.217. The van der Waals surface area contributed by atoms with E-state index in [0.29, 0.717) is 38.0 Å². The first-order chi connectivity index (χ1) is 12.9.